The normalized spacial score (nSPS) is 11.7. The molecule has 5 heteroatoms. The van der Waals surface area contributed by atoms with E-state index in [0.29, 0.717) is 0 Å². The summed E-state index contributed by atoms with van der Waals surface area (Å²) in [6.07, 6.45) is 3.69. The second kappa shape index (κ2) is 8.11. The first-order valence-corrected chi connectivity index (χ1v) is 12.6. The SMILES string of the molecule is c1ccc(-c2cccnc2-n2c3cccnc3c3cc4c5ccccc5n(-c5ccccc5)c4nc32)cc1. The molecule has 0 amide bonds. The van der Waals surface area contributed by atoms with E-state index in [-0.39, 0.29) is 0 Å². The second-order valence-electron chi connectivity index (χ2n) is 9.37. The molecule has 0 fully saturated rings. The smallest absolute Gasteiger partial charge is 0.150 e. The number of hydrogen-bond donors (Lipinski definition) is 0. The molecule has 0 aliphatic carbocycles. The average Bonchev–Trinajstić information content (AvgIpc) is 3.49. The van der Waals surface area contributed by atoms with Crippen LogP contribution in [-0.2, 0) is 0 Å². The fraction of sp³-hybridized carbons (Fsp3) is 0. The van der Waals surface area contributed by atoms with Crippen LogP contribution >= 0.6 is 0 Å². The minimum absolute atomic E-state index is 0.834. The van der Waals surface area contributed by atoms with Gasteiger partial charge in [0.2, 0.25) is 0 Å². The summed E-state index contributed by atoms with van der Waals surface area (Å²) in [5, 5.41) is 3.28. The number of hydrogen-bond acceptors (Lipinski definition) is 3. The van der Waals surface area contributed by atoms with Crippen molar-refractivity contribution in [3.63, 3.8) is 0 Å². The minimum Gasteiger partial charge on any atom is -0.294 e. The molecule has 0 atom stereocenters. The van der Waals surface area contributed by atoms with Crippen LogP contribution in [0.15, 0.2) is 128 Å². The average molecular weight is 488 g/mol. The molecule has 3 aromatic carbocycles. The van der Waals surface area contributed by atoms with E-state index in [9.17, 15) is 0 Å². The van der Waals surface area contributed by atoms with E-state index in [4.69, 9.17) is 15.0 Å². The van der Waals surface area contributed by atoms with Crippen molar-refractivity contribution in [2.75, 3.05) is 0 Å². The Balaban J connectivity index is 1.55. The molecule has 8 rings (SSSR count). The van der Waals surface area contributed by atoms with Gasteiger partial charge in [0.25, 0.3) is 0 Å². The summed E-state index contributed by atoms with van der Waals surface area (Å²) >= 11 is 0. The van der Waals surface area contributed by atoms with Gasteiger partial charge in [-0.3, -0.25) is 14.1 Å². The molecule has 0 saturated carbocycles. The summed E-state index contributed by atoms with van der Waals surface area (Å²) in [4.78, 5) is 15.1. The Morgan fingerprint density at radius 2 is 1.18 bits per heavy atom. The maximum atomic E-state index is 5.39. The third-order valence-electron chi connectivity index (χ3n) is 7.22. The summed E-state index contributed by atoms with van der Waals surface area (Å²) in [6, 6.07) is 39.7. The maximum absolute atomic E-state index is 5.39. The zero-order valence-electron chi connectivity index (χ0n) is 20.4. The van der Waals surface area contributed by atoms with Gasteiger partial charge < -0.3 is 0 Å². The molecular formula is C33H21N5. The van der Waals surface area contributed by atoms with Gasteiger partial charge in [0.15, 0.2) is 5.65 Å². The zero-order chi connectivity index (χ0) is 25.1. The number of nitrogens with zero attached hydrogens (tertiary/aromatic N) is 5. The minimum atomic E-state index is 0.834. The van der Waals surface area contributed by atoms with Crippen LogP contribution in [-0.4, -0.2) is 24.1 Å². The topological polar surface area (TPSA) is 48.5 Å². The predicted molar refractivity (Wildman–Crippen MR) is 154 cm³/mol. The van der Waals surface area contributed by atoms with Crippen molar-refractivity contribution in [2.45, 2.75) is 0 Å². The van der Waals surface area contributed by atoms with E-state index in [2.05, 4.69) is 100 Å². The Hall–Kier alpha value is -5.29. The first kappa shape index (κ1) is 20.9. The Kier molecular flexibility index (Phi) is 4.45. The van der Waals surface area contributed by atoms with Gasteiger partial charge in [0, 0.05) is 39.8 Å². The lowest BCUT2D eigenvalue weighted by Gasteiger charge is -2.12. The van der Waals surface area contributed by atoms with Crippen LogP contribution in [0.5, 0.6) is 0 Å². The quantitative estimate of drug-likeness (QED) is 0.256. The number of pyridine rings is 3. The summed E-state index contributed by atoms with van der Waals surface area (Å²) in [5.41, 5.74) is 7.99. The molecule has 0 aliphatic rings. The molecule has 5 nitrogen and oxygen atoms in total. The van der Waals surface area contributed by atoms with Gasteiger partial charge in [-0.2, -0.15) is 0 Å². The molecule has 38 heavy (non-hydrogen) atoms. The van der Waals surface area contributed by atoms with Crippen molar-refractivity contribution in [3.05, 3.63) is 128 Å². The first-order valence-electron chi connectivity index (χ1n) is 12.6. The number of aromatic nitrogens is 5. The highest BCUT2D eigenvalue weighted by Gasteiger charge is 2.21. The van der Waals surface area contributed by atoms with E-state index in [0.717, 1.165) is 61.2 Å². The van der Waals surface area contributed by atoms with Gasteiger partial charge in [0.1, 0.15) is 11.5 Å². The molecule has 8 aromatic rings. The highest BCUT2D eigenvalue weighted by Crippen LogP contribution is 2.38. The van der Waals surface area contributed by atoms with E-state index in [1.54, 1.807) is 0 Å². The van der Waals surface area contributed by atoms with E-state index in [1.165, 1.54) is 5.39 Å². The molecule has 0 N–H and O–H groups in total. The van der Waals surface area contributed by atoms with Crippen molar-refractivity contribution in [3.8, 4) is 22.6 Å². The van der Waals surface area contributed by atoms with Gasteiger partial charge in [0.05, 0.1) is 16.6 Å². The molecule has 0 bridgehead atoms. The van der Waals surface area contributed by atoms with Crippen LogP contribution in [0.25, 0.3) is 66.6 Å². The Bertz CT molecular complexity index is 2120. The fourth-order valence-electron chi connectivity index (χ4n) is 5.59. The molecule has 5 heterocycles. The summed E-state index contributed by atoms with van der Waals surface area (Å²) < 4.78 is 4.41. The zero-order valence-corrected chi connectivity index (χ0v) is 20.4. The molecular weight excluding hydrogens is 466 g/mol. The Labute approximate surface area is 218 Å². The van der Waals surface area contributed by atoms with Crippen LogP contribution < -0.4 is 0 Å². The molecule has 0 spiro atoms. The summed E-state index contributed by atoms with van der Waals surface area (Å²) in [5.74, 6) is 0.834. The van der Waals surface area contributed by atoms with Crippen molar-refractivity contribution in [2.24, 2.45) is 0 Å². The summed E-state index contributed by atoms with van der Waals surface area (Å²) in [7, 11) is 0. The highest BCUT2D eigenvalue weighted by atomic mass is 15.1. The lowest BCUT2D eigenvalue weighted by atomic mass is 10.1. The second-order valence-corrected chi connectivity index (χ2v) is 9.37. The van der Waals surface area contributed by atoms with Crippen molar-refractivity contribution in [1.29, 1.82) is 0 Å². The van der Waals surface area contributed by atoms with Crippen molar-refractivity contribution >= 4 is 44.0 Å². The van der Waals surface area contributed by atoms with Gasteiger partial charge in [-0.15, -0.1) is 0 Å². The fourth-order valence-corrected chi connectivity index (χ4v) is 5.59. The highest BCUT2D eigenvalue weighted by molar-refractivity contribution is 6.15. The first-order chi connectivity index (χ1) is 18.9. The monoisotopic (exact) mass is 487 g/mol. The lowest BCUT2D eigenvalue weighted by molar-refractivity contribution is 1.05. The molecule has 0 aliphatic heterocycles. The van der Waals surface area contributed by atoms with Crippen molar-refractivity contribution < 1.29 is 0 Å². The Morgan fingerprint density at radius 3 is 2.05 bits per heavy atom. The largest absolute Gasteiger partial charge is 0.294 e. The Morgan fingerprint density at radius 1 is 0.500 bits per heavy atom. The molecule has 178 valence electrons. The van der Waals surface area contributed by atoms with E-state index < -0.39 is 0 Å². The molecule has 0 radical (unpaired) electrons. The molecule has 5 aromatic heterocycles. The summed E-state index contributed by atoms with van der Waals surface area (Å²) in [6.45, 7) is 0. The molecule has 0 saturated heterocycles. The van der Waals surface area contributed by atoms with E-state index in [1.807, 2.05) is 36.7 Å². The van der Waals surface area contributed by atoms with Crippen molar-refractivity contribution in [1.82, 2.24) is 24.1 Å². The predicted octanol–water partition coefficient (Wildman–Crippen LogP) is 7.73. The lowest BCUT2D eigenvalue weighted by Crippen LogP contribution is -2.02. The van der Waals surface area contributed by atoms with Crippen LogP contribution in [0, 0.1) is 0 Å². The molecule has 0 unspecified atom stereocenters. The standard InChI is InChI=1S/C33H21N5/c1-3-11-22(12-4-1)24-16-9-20-35-31(24)38-29-18-10-19-34-30(29)27-21-26-25-15-7-8-17-28(25)37(32(26)36-33(27)38)23-13-5-2-6-14-23/h1-21H. The number of benzene rings is 3. The number of para-hydroxylation sites is 2. The van der Waals surface area contributed by atoms with Crippen LogP contribution in [0.2, 0.25) is 0 Å². The van der Waals surface area contributed by atoms with Gasteiger partial charge in [-0.05, 0) is 54.1 Å². The van der Waals surface area contributed by atoms with E-state index >= 15 is 0 Å². The van der Waals surface area contributed by atoms with Crippen LogP contribution in [0.1, 0.15) is 0 Å². The van der Waals surface area contributed by atoms with Crippen LogP contribution in [0.4, 0.5) is 0 Å². The number of fused-ring (bicyclic) bond motifs is 6. The van der Waals surface area contributed by atoms with Gasteiger partial charge in [-0.1, -0.05) is 66.7 Å². The number of rotatable bonds is 3. The third kappa shape index (κ3) is 2.96. The maximum Gasteiger partial charge on any atom is 0.150 e. The van der Waals surface area contributed by atoms with Crippen LogP contribution in [0.3, 0.4) is 0 Å². The van der Waals surface area contributed by atoms with Gasteiger partial charge >= 0.3 is 0 Å². The third-order valence-corrected chi connectivity index (χ3v) is 7.22. The van der Waals surface area contributed by atoms with Gasteiger partial charge in [-0.25, -0.2) is 9.97 Å².